The van der Waals surface area contributed by atoms with Crippen LogP contribution in [0.1, 0.15) is 38.3 Å². The van der Waals surface area contributed by atoms with E-state index in [-0.39, 0.29) is 11.5 Å². The van der Waals surface area contributed by atoms with E-state index in [9.17, 15) is 9.90 Å². The van der Waals surface area contributed by atoms with E-state index < -0.39 is 10.8 Å². The summed E-state index contributed by atoms with van der Waals surface area (Å²) in [5.41, 5.74) is 1.94. The van der Waals surface area contributed by atoms with Crippen molar-refractivity contribution in [2.24, 2.45) is 5.41 Å². The molecule has 3 heteroatoms. The summed E-state index contributed by atoms with van der Waals surface area (Å²) in [6, 6.07) is 5.76. The molecule has 0 radical (unpaired) electrons. The van der Waals surface area contributed by atoms with Crippen molar-refractivity contribution in [1.82, 2.24) is 0 Å². The molecule has 0 unspecified atom stereocenters. The molecular weight excluding hydrogens is 288 g/mol. The molecule has 3 nitrogen and oxygen atoms in total. The molecule has 0 bridgehead atoms. The number of ketones is 1. The molecule has 0 heterocycles. The molecule has 2 aliphatic rings. The number of hydrogen-bond donors (Lipinski definition) is 1. The molecule has 0 aromatic heterocycles. The number of allylic oxidation sites excluding steroid dienone is 4. The number of methoxy groups -OCH3 is 1. The van der Waals surface area contributed by atoms with Crippen molar-refractivity contribution < 1.29 is 14.6 Å². The molecule has 0 fully saturated rings. The summed E-state index contributed by atoms with van der Waals surface area (Å²) >= 11 is 0. The molecule has 2 aliphatic carbocycles. The maximum absolute atomic E-state index is 12.5. The highest BCUT2D eigenvalue weighted by molar-refractivity contribution is 6.01. The summed E-state index contributed by atoms with van der Waals surface area (Å²) in [4.78, 5) is 12.5. The Morgan fingerprint density at radius 1 is 1.30 bits per heavy atom. The Bertz CT molecular complexity index is 784. The Labute approximate surface area is 137 Å². The van der Waals surface area contributed by atoms with Crippen LogP contribution in [0.25, 0.3) is 5.57 Å². The lowest BCUT2D eigenvalue weighted by molar-refractivity contribution is -0.122. The van der Waals surface area contributed by atoms with Crippen LogP contribution >= 0.6 is 0 Å². The summed E-state index contributed by atoms with van der Waals surface area (Å²) < 4.78 is 5.37. The number of aliphatic hydroxyl groups excluding tert-OH is 1. The smallest absolute Gasteiger partial charge is 0.165 e. The highest BCUT2D eigenvalue weighted by Gasteiger charge is 2.51. The van der Waals surface area contributed by atoms with Crippen molar-refractivity contribution in [2.75, 3.05) is 7.11 Å². The zero-order valence-electron chi connectivity index (χ0n) is 14.1. The minimum absolute atomic E-state index is 0.0261. The summed E-state index contributed by atoms with van der Waals surface area (Å²) in [6.07, 6.45) is 4.17. The fraction of sp³-hybridized carbons (Fsp3) is 0.350. The fourth-order valence-electron chi connectivity index (χ4n) is 3.91. The van der Waals surface area contributed by atoms with Crippen LogP contribution in [0.3, 0.4) is 0 Å². The normalized spacial score (nSPS) is 29.4. The second-order valence-corrected chi connectivity index (χ2v) is 6.70. The first-order chi connectivity index (χ1) is 10.8. The van der Waals surface area contributed by atoms with E-state index in [4.69, 9.17) is 4.74 Å². The standard InChI is InChI=1S/C20H22O3/c1-6-19(3)16(21)9-10-20(4)15-11-13(23-5)7-8-14(15)12(2)17(22)18(19)20/h7-11,22H,2,6H2,1,3-5H3/t19-,20-/m0/s1. The minimum Gasteiger partial charge on any atom is -0.507 e. The Hall–Kier alpha value is -2.29. The molecule has 0 saturated carbocycles. The molecule has 1 aromatic rings. The first kappa shape index (κ1) is 15.6. The molecule has 0 saturated heterocycles. The maximum Gasteiger partial charge on any atom is 0.165 e. The zero-order valence-corrected chi connectivity index (χ0v) is 14.1. The van der Waals surface area contributed by atoms with Crippen LogP contribution in [0.5, 0.6) is 5.75 Å². The van der Waals surface area contributed by atoms with Crippen LogP contribution in [-0.2, 0) is 10.2 Å². The van der Waals surface area contributed by atoms with E-state index in [0.29, 0.717) is 12.0 Å². The number of hydrogen-bond acceptors (Lipinski definition) is 3. The summed E-state index contributed by atoms with van der Waals surface area (Å²) in [6.45, 7) is 9.97. The van der Waals surface area contributed by atoms with Crippen molar-refractivity contribution >= 4 is 11.4 Å². The average Bonchev–Trinajstić information content (AvgIpc) is 2.56. The minimum atomic E-state index is -0.725. The van der Waals surface area contributed by atoms with Crippen LogP contribution in [-0.4, -0.2) is 18.0 Å². The van der Waals surface area contributed by atoms with Gasteiger partial charge in [0.1, 0.15) is 11.5 Å². The highest BCUT2D eigenvalue weighted by Crippen LogP contribution is 2.56. The topological polar surface area (TPSA) is 46.5 Å². The van der Waals surface area contributed by atoms with E-state index in [2.05, 4.69) is 6.58 Å². The molecule has 120 valence electrons. The van der Waals surface area contributed by atoms with Crippen molar-refractivity contribution in [3.8, 4) is 5.75 Å². The number of carbonyl (C=O) groups is 1. The summed E-state index contributed by atoms with van der Waals surface area (Å²) in [5, 5.41) is 10.9. The zero-order chi connectivity index (χ0) is 17.0. The third-order valence-electron chi connectivity index (χ3n) is 5.52. The van der Waals surface area contributed by atoms with Gasteiger partial charge in [-0.1, -0.05) is 25.6 Å². The monoisotopic (exact) mass is 310 g/mol. The van der Waals surface area contributed by atoms with Gasteiger partial charge in [0, 0.05) is 11.0 Å². The predicted octanol–water partition coefficient (Wildman–Crippen LogP) is 4.35. The number of carbonyl (C=O) groups excluding carboxylic acids is 1. The molecule has 1 N–H and O–H groups in total. The third kappa shape index (κ3) is 1.86. The van der Waals surface area contributed by atoms with Crippen molar-refractivity contribution in [1.29, 1.82) is 0 Å². The first-order valence-corrected chi connectivity index (χ1v) is 7.85. The first-order valence-electron chi connectivity index (χ1n) is 7.85. The van der Waals surface area contributed by atoms with Crippen LogP contribution in [0.4, 0.5) is 0 Å². The van der Waals surface area contributed by atoms with Gasteiger partial charge >= 0.3 is 0 Å². The van der Waals surface area contributed by atoms with Crippen molar-refractivity contribution in [2.45, 2.75) is 32.6 Å². The van der Waals surface area contributed by atoms with E-state index in [1.54, 1.807) is 13.2 Å². The lowest BCUT2D eigenvalue weighted by Gasteiger charge is -2.47. The average molecular weight is 310 g/mol. The van der Waals surface area contributed by atoms with Gasteiger partial charge in [-0.3, -0.25) is 4.79 Å². The molecule has 1 aromatic carbocycles. The van der Waals surface area contributed by atoms with E-state index in [0.717, 1.165) is 22.4 Å². The van der Waals surface area contributed by atoms with Crippen LogP contribution < -0.4 is 4.74 Å². The highest BCUT2D eigenvalue weighted by atomic mass is 16.5. The molecule has 0 spiro atoms. The van der Waals surface area contributed by atoms with Gasteiger partial charge in [-0.15, -0.1) is 0 Å². The van der Waals surface area contributed by atoms with Crippen LogP contribution in [0, 0.1) is 5.41 Å². The number of benzene rings is 1. The summed E-state index contributed by atoms with van der Waals surface area (Å²) in [7, 11) is 1.63. The Kier molecular flexibility index (Phi) is 3.29. The molecule has 2 atom stereocenters. The number of ether oxygens (including phenoxy) is 1. The van der Waals surface area contributed by atoms with Gasteiger partial charge in [-0.25, -0.2) is 0 Å². The summed E-state index contributed by atoms with van der Waals surface area (Å²) in [5.74, 6) is 0.924. The molecule has 3 rings (SSSR count). The van der Waals surface area contributed by atoms with Gasteiger partial charge in [0.15, 0.2) is 5.78 Å². The third-order valence-corrected chi connectivity index (χ3v) is 5.52. The molecule has 23 heavy (non-hydrogen) atoms. The van der Waals surface area contributed by atoms with E-state index in [1.165, 1.54) is 0 Å². The lowest BCUT2D eigenvalue weighted by Crippen LogP contribution is -2.44. The second kappa shape index (κ2) is 4.85. The quantitative estimate of drug-likeness (QED) is 0.883. The van der Waals surface area contributed by atoms with Crippen LogP contribution in [0.15, 0.2) is 48.3 Å². The van der Waals surface area contributed by atoms with E-state index >= 15 is 0 Å². The molecule has 0 amide bonds. The van der Waals surface area contributed by atoms with Gasteiger partial charge in [0.25, 0.3) is 0 Å². The molecule has 0 aliphatic heterocycles. The number of rotatable bonds is 2. The largest absolute Gasteiger partial charge is 0.507 e. The lowest BCUT2D eigenvalue weighted by atomic mass is 9.55. The number of fused-ring (bicyclic) bond motifs is 3. The van der Waals surface area contributed by atoms with Gasteiger partial charge in [0.05, 0.1) is 12.5 Å². The Morgan fingerprint density at radius 2 is 2.00 bits per heavy atom. The van der Waals surface area contributed by atoms with Gasteiger partial charge in [0.2, 0.25) is 0 Å². The van der Waals surface area contributed by atoms with Gasteiger partial charge in [-0.2, -0.15) is 0 Å². The number of aliphatic hydroxyl groups is 1. The van der Waals surface area contributed by atoms with E-state index in [1.807, 2.05) is 45.0 Å². The van der Waals surface area contributed by atoms with Crippen molar-refractivity contribution in [3.63, 3.8) is 0 Å². The Balaban J connectivity index is 2.39. The van der Waals surface area contributed by atoms with Gasteiger partial charge in [-0.05, 0) is 55.2 Å². The van der Waals surface area contributed by atoms with Gasteiger partial charge < -0.3 is 9.84 Å². The molecular formula is C20H22O3. The second-order valence-electron chi connectivity index (χ2n) is 6.70. The van der Waals surface area contributed by atoms with Crippen molar-refractivity contribution in [3.05, 3.63) is 59.4 Å². The Morgan fingerprint density at radius 3 is 2.61 bits per heavy atom. The SMILES string of the molecule is C=C1C(O)=C2[C@@](C)(CC)C(=O)C=C[C@@]2(C)c2cc(OC)ccc21. The van der Waals surface area contributed by atoms with Crippen LogP contribution in [0.2, 0.25) is 0 Å². The fourth-order valence-corrected chi connectivity index (χ4v) is 3.91. The maximum atomic E-state index is 12.5. The predicted molar refractivity (Wildman–Crippen MR) is 91.6 cm³/mol.